The molecule has 0 bridgehead atoms. The minimum atomic E-state index is -0.0503. The first-order valence-electron chi connectivity index (χ1n) is 12.0. The lowest BCUT2D eigenvalue weighted by Gasteiger charge is -2.26. The summed E-state index contributed by atoms with van der Waals surface area (Å²) in [5.41, 5.74) is 1.80. The largest absolute Gasteiger partial charge is 0.459 e. The van der Waals surface area contributed by atoms with Crippen molar-refractivity contribution >= 4 is 28.4 Å². The summed E-state index contributed by atoms with van der Waals surface area (Å²) in [6.45, 7) is 2.85. The highest BCUT2D eigenvalue weighted by Gasteiger charge is 2.28. The van der Waals surface area contributed by atoms with E-state index < -0.39 is 0 Å². The van der Waals surface area contributed by atoms with Crippen molar-refractivity contribution in [3.8, 4) is 0 Å². The number of anilines is 1. The number of benzene rings is 1. The summed E-state index contributed by atoms with van der Waals surface area (Å²) in [5, 5.41) is 10.4. The van der Waals surface area contributed by atoms with Gasteiger partial charge in [0.15, 0.2) is 11.4 Å². The van der Waals surface area contributed by atoms with Crippen LogP contribution in [0.5, 0.6) is 0 Å². The molecule has 33 heavy (non-hydrogen) atoms. The second kappa shape index (κ2) is 8.50. The minimum absolute atomic E-state index is 0.0503. The van der Waals surface area contributed by atoms with Gasteiger partial charge in [-0.25, -0.2) is 9.38 Å². The van der Waals surface area contributed by atoms with Crippen LogP contribution in [0.3, 0.4) is 0 Å². The standard InChI is InChI=1S/C25H28N6O2/c32-24(21-12-6-17-33-21)29-13-7-14-30(16-15-29)25-26-20-11-5-4-10-19(20)23-28-27-22(31(23)25)18-8-2-1-3-9-18/h4-6,10-12,17-18H,1-3,7-9,13-16H2. The van der Waals surface area contributed by atoms with E-state index in [1.54, 1.807) is 18.4 Å². The number of furan rings is 1. The first-order chi connectivity index (χ1) is 16.3. The molecule has 0 radical (unpaired) electrons. The molecule has 0 atom stereocenters. The molecule has 2 fully saturated rings. The van der Waals surface area contributed by atoms with Crippen molar-refractivity contribution < 1.29 is 9.21 Å². The van der Waals surface area contributed by atoms with Gasteiger partial charge in [0.25, 0.3) is 5.91 Å². The van der Waals surface area contributed by atoms with Crippen LogP contribution >= 0.6 is 0 Å². The normalized spacial score (nSPS) is 18.2. The molecule has 0 N–H and O–H groups in total. The molecular weight excluding hydrogens is 416 g/mol. The zero-order valence-corrected chi connectivity index (χ0v) is 18.7. The van der Waals surface area contributed by atoms with Crippen LogP contribution in [0.15, 0.2) is 47.1 Å². The van der Waals surface area contributed by atoms with Crippen molar-refractivity contribution in [2.75, 3.05) is 31.1 Å². The number of carbonyl (C=O) groups excluding carboxylic acids is 1. The van der Waals surface area contributed by atoms with Crippen LogP contribution in [-0.2, 0) is 0 Å². The average molecular weight is 445 g/mol. The molecule has 170 valence electrons. The molecule has 2 aliphatic rings. The number of para-hydroxylation sites is 1. The zero-order valence-electron chi connectivity index (χ0n) is 18.7. The van der Waals surface area contributed by atoms with Crippen LogP contribution in [0.25, 0.3) is 16.6 Å². The van der Waals surface area contributed by atoms with Crippen LogP contribution in [0.2, 0.25) is 0 Å². The van der Waals surface area contributed by atoms with E-state index in [0.29, 0.717) is 31.3 Å². The Kier molecular flexibility index (Phi) is 5.20. The van der Waals surface area contributed by atoms with Gasteiger partial charge in [-0.05, 0) is 43.5 Å². The van der Waals surface area contributed by atoms with Crippen molar-refractivity contribution in [3.63, 3.8) is 0 Å². The first kappa shape index (κ1) is 20.2. The molecule has 4 aromatic rings. The molecule has 4 heterocycles. The summed E-state index contributed by atoms with van der Waals surface area (Å²) in [4.78, 5) is 22.1. The van der Waals surface area contributed by atoms with E-state index in [0.717, 1.165) is 54.1 Å². The molecule has 1 aromatic carbocycles. The molecule has 0 spiro atoms. The Balaban J connectivity index is 1.39. The summed E-state index contributed by atoms with van der Waals surface area (Å²) in [7, 11) is 0. The second-order valence-corrected chi connectivity index (χ2v) is 9.09. The van der Waals surface area contributed by atoms with E-state index in [1.807, 2.05) is 23.1 Å². The quantitative estimate of drug-likeness (QED) is 0.469. The van der Waals surface area contributed by atoms with Gasteiger partial charge in [0.1, 0.15) is 5.82 Å². The monoisotopic (exact) mass is 444 g/mol. The number of hydrogen-bond acceptors (Lipinski definition) is 6. The SMILES string of the molecule is O=C(c1ccco1)N1CCCN(c2nc3ccccc3c3nnc(C4CCCCC4)n23)CC1. The Hall–Kier alpha value is -3.42. The molecule has 6 rings (SSSR count). The maximum atomic E-state index is 12.8. The Bertz CT molecular complexity index is 1280. The van der Waals surface area contributed by atoms with Crippen molar-refractivity contribution in [3.05, 3.63) is 54.2 Å². The maximum Gasteiger partial charge on any atom is 0.289 e. The molecule has 1 aliphatic carbocycles. The van der Waals surface area contributed by atoms with Gasteiger partial charge in [0.05, 0.1) is 11.8 Å². The summed E-state index contributed by atoms with van der Waals surface area (Å²) in [5.74, 6) is 2.69. The highest BCUT2D eigenvalue weighted by Crippen LogP contribution is 2.34. The maximum absolute atomic E-state index is 12.8. The van der Waals surface area contributed by atoms with Crippen molar-refractivity contribution in [2.45, 2.75) is 44.4 Å². The lowest BCUT2D eigenvalue weighted by molar-refractivity contribution is 0.0735. The van der Waals surface area contributed by atoms with E-state index in [-0.39, 0.29) is 5.91 Å². The van der Waals surface area contributed by atoms with Gasteiger partial charge in [-0.1, -0.05) is 31.4 Å². The Morgan fingerprint density at radius 1 is 0.909 bits per heavy atom. The lowest BCUT2D eigenvalue weighted by Crippen LogP contribution is -2.35. The fourth-order valence-electron chi connectivity index (χ4n) is 5.30. The third kappa shape index (κ3) is 3.63. The van der Waals surface area contributed by atoms with Crippen molar-refractivity contribution in [2.24, 2.45) is 0 Å². The summed E-state index contributed by atoms with van der Waals surface area (Å²) < 4.78 is 7.54. The predicted molar refractivity (Wildman–Crippen MR) is 126 cm³/mol. The Labute approximate surface area is 192 Å². The van der Waals surface area contributed by atoms with E-state index in [9.17, 15) is 4.79 Å². The third-order valence-corrected chi connectivity index (χ3v) is 7.02. The Morgan fingerprint density at radius 3 is 2.64 bits per heavy atom. The third-order valence-electron chi connectivity index (χ3n) is 7.02. The number of aromatic nitrogens is 4. The average Bonchev–Trinajstić information content (AvgIpc) is 3.50. The lowest BCUT2D eigenvalue weighted by atomic mass is 9.89. The van der Waals surface area contributed by atoms with Crippen LogP contribution in [0, 0.1) is 0 Å². The van der Waals surface area contributed by atoms with Gasteiger partial charge < -0.3 is 14.2 Å². The number of rotatable bonds is 3. The minimum Gasteiger partial charge on any atom is -0.459 e. The molecule has 3 aromatic heterocycles. The fourth-order valence-corrected chi connectivity index (χ4v) is 5.30. The molecular formula is C25H28N6O2. The van der Waals surface area contributed by atoms with Crippen LogP contribution < -0.4 is 4.90 Å². The van der Waals surface area contributed by atoms with E-state index in [1.165, 1.54) is 19.3 Å². The smallest absolute Gasteiger partial charge is 0.289 e. The van der Waals surface area contributed by atoms with Gasteiger partial charge in [0.2, 0.25) is 5.95 Å². The highest BCUT2D eigenvalue weighted by atomic mass is 16.3. The number of carbonyl (C=O) groups is 1. The molecule has 8 nitrogen and oxygen atoms in total. The van der Waals surface area contributed by atoms with Crippen LogP contribution in [0.1, 0.15) is 60.8 Å². The van der Waals surface area contributed by atoms with Gasteiger partial charge in [-0.15, -0.1) is 10.2 Å². The van der Waals surface area contributed by atoms with E-state index >= 15 is 0 Å². The summed E-state index contributed by atoms with van der Waals surface area (Å²) in [6, 6.07) is 11.6. The van der Waals surface area contributed by atoms with Gasteiger partial charge in [-0.3, -0.25) is 4.79 Å². The van der Waals surface area contributed by atoms with Gasteiger partial charge in [-0.2, -0.15) is 0 Å². The number of nitrogens with zero attached hydrogens (tertiary/aromatic N) is 6. The molecule has 1 aliphatic heterocycles. The van der Waals surface area contributed by atoms with Crippen molar-refractivity contribution in [1.82, 2.24) is 24.5 Å². The highest BCUT2D eigenvalue weighted by molar-refractivity contribution is 5.93. The van der Waals surface area contributed by atoms with Crippen LogP contribution in [0.4, 0.5) is 5.95 Å². The number of amides is 1. The molecule has 1 amide bonds. The number of hydrogen-bond donors (Lipinski definition) is 0. The molecule has 1 saturated heterocycles. The molecule has 1 saturated carbocycles. The van der Waals surface area contributed by atoms with E-state index in [2.05, 4.69) is 20.5 Å². The number of fused-ring (bicyclic) bond motifs is 3. The molecule has 8 heteroatoms. The first-order valence-corrected chi connectivity index (χ1v) is 12.0. The second-order valence-electron chi connectivity index (χ2n) is 9.09. The zero-order chi connectivity index (χ0) is 22.2. The summed E-state index contributed by atoms with van der Waals surface area (Å²) in [6.07, 6.45) is 8.49. The topological polar surface area (TPSA) is 79.8 Å². The van der Waals surface area contributed by atoms with Gasteiger partial charge in [0, 0.05) is 37.5 Å². The fraction of sp³-hybridized carbons (Fsp3) is 0.440. The van der Waals surface area contributed by atoms with Crippen LogP contribution in [-0.4, -0.2) is 56.6 Å². The van der Waals surface area contributed by atoms with Crippen molar-refractivity contribution in [1.29, 1.82) is 0 Å². The molecule has 0 unspecified atom stereocenters. The van der Waals surface area contributed by atoms with Gasteiger partial charge >= 0.3 is 0 Å². The van der Waals surface area contributed by atoms with E-state index in [4.69, 9.17) is 14.5 Å². The predicted octanol–water partition coefficient (Wildman–Crippen LogP) is 4.27. The summed E-state index contributed by atoms with van der Waals surface area (Å²) >= 11 is 0. The Morgan fingerprint density at radius 2 is 1.79 bits per heavy atom.